The molecule has 0 radical (unpaired) electrons. The predicted molar refractivity (Wildman–Crippen MR) is 131 cm³/mol. The predicted octanol–water partition coefficient (Wildman–Crippen LogP) is 4.06. The lowest BCUT2D eigenvalue weighted by atomic mass is 9.72. The summed E-state index contributed by atoms with van der Waals surface area (Å²) in [6.07, 6.45) is 3.97. The average molecular weight is 458 g/mol. The summed E-state index contributed by atoms with van der Waals surface area (Å²) in [5.74, 6) is 0.282. The van der Waals surface area contributed by atoms with Gasteiger partial charge >= 0.3 is 0 Å². The zero-order valence-electron chi connectivity index (χ0n) is 20.2. The Morgan fingerprint density at radius 1 is 1.12 bits per heavy atom. The highest BCUT2D eigenvalue weighted by molar-refractivity contribution is 6.12. The first-order chi connectivity index (χ1) is 16.4. The minimum Gasteiger partial charge on any atom is -0.337 e. The SMILES string of the molecule is CCCc1cn(-c2ccc3c(c2)[C@@]2(CC(=O)N(C)C2c2ccccc2)C(=O)N3CC(C)C)nn1. The number of likely N-dealkylation sites (N-methyl/N-ethyl adjacent to an activating group) is 1. The highest BCUT2D eigenvalue weighted by Gasteiger charge is 2.62. The summed E-state index contributed by atoms with van der Waals surface area (Å²) < 4.78 is 1.77. The van der Waals surface area contributed by atoms with Gasteiger partial charge in [-0.05, 0) is 41.7 Å². The number of nitrogens with zero attached hydrogens (tertiary/aromatic N) is 5. The third kappa shape index (κ3) is 3.33. The van der Waals surface area contributed by atoms with E-state index in [1.165, 1.54) is 0 Å². The third-order valence-electron chi connectivity index (χ3n) is 7.03. The number of carbonyl (C=O) groups is 2. The van der Waals surface area contributed by atoms with E-state index in [0.717, 1.165) is 41.0 Å². The minimum atomic E-state index is -0.972. The van der Waals surface area contributed by atoms with Gasteiger partial charge in [-0.25, -0.2) is 4.68 Å². The zero-order valence-corrected chi connectivity index (χ0v) is 20.2. The fourth-order valence-corrected chi connectivity index (χ4v) is 5.58. The topological polar surface area (TPSA) is 71.3 Å². The monoisotopic (exact) mass is 457 g/mol. The molecule has 2 atom stereocenters. The van der Waals surface area contributed by atoms with E-state index in [0.29, 0.717) is 12.5 Å². The Morgan fingerprint density at radius 2 is 1.88 bits per heavy atom. The molecule has 1 spiro atoms. The first-order valence-corrected chi connectivity index (χ1v) is 12.1. The molecule has 0 aliphatic carbocycles. The van der Waals surface area contributed by atoms with Gasteiger partial charge in [0.05, 0.1) is 23.6 Å². The molecule has 2 aliphatic rings. The van der Waals surface area contributed by atoms with Crippen LogP contribution in [0, 0.1) is 5.92 Å². The highest BCUT2D eigenvalue weighted by Crippen LogP contribution is 2.57. The van der Waals surface area contributed by atoms with Crippen LogP contribution in [-0.4, -0.2) is 45.3 Å². The lowest BCUT2D eigenvalue weighted by Crippen LogP contribution is -2.45. The largest absolute Gasteiger partial charge is 0.337 e. The van der Waals surface area contributed by atoms with Gasteiger partial charge in [0, 0.05) is 25.7 Å². The zero-order chi connectivity index (χ0) is 24.0. The molecule has 176 valence electrons. The molecule has 0 N–H and O–H groups in total. The molecular weight excluding hydrogens is 426 g/mol. The quantitative estimate of drug-likeness (QED) is 0.560. The Balaban J connectivity index is 1.70. The number of amides is 2. The van der Waals surface area contributed by atoms with Crippen molar-refractivity contribution in [2.24, 2.45) is 5.92 Å². The maximum Gasteiger partial charge on any atom is 0.240 e. The normalized spacial score (nSPS) is 21.9. The highest BCUT2D eigenvalue weighted by atomic mass is 16.2. The molecule has 2 aromatic carbocycles. The van der Waals surface area contributed by atoms with E-state index in [1.807, 2.05) is 66.7 Å². The molecule has 1 unspecified atom stereocenters. The average Bonchev–Trinajstić information content (AvgIpc) is 3.46. The van der Waals surface area contributed by atoms with Crippen molar-refractivity contribution >= 4 is 17.5 Å². The van der Waals surface area contributed by atoms with E-state index < -0.39 is 5.41 Å². The summed E-state index contributed by atoms with van der Waals surface area (Å²) in [5.41, 5.74) is 3.57. The van der Waals surface area contributed by atoms with E-state index in [2.05, 4.69) is 31.1 Å². The third-order valence-corrected chi connectivity index (χ3v) is 7.03. The van der Waals surface area contributed by atoms with Gasteiger partial charge in [0.25, 0.3) is 0 Å². The van der Waals surface area contributed by atoms with Crippen LogP contribution in [0.15, 0.2) is 54.7 Å². The molecular formula is C27H31N5O2. The summed E-state index contributed by atoms with van der Waals surface area (Å²) in [7, 11) is 1.81. The molecule has 1 saturated heterocycles. The van der Waals surface area contributed by atoms with Crippen LogP contribution in [0.4, 0.5) is 5.69 Å². The number of fused-ring (bicyclic) bond motifs is 2. The first-order valence-electron chi connectivity index (χ1n) is 12.1. The maximum atomic E-state index is 14.2. The summed E-state index contributed by atoms with van der Waals surface area (Å²) in [4.78, 5) is 31.0. The van der Waals surface area contributed by atoms with E-state index >= 15 is 0 Å². The number of hydrogen-bond acceptors (Lipinski definition) is 4. The van der Waals surface area contributed by atoms with E-state index in [1.54, 1.807) is 9.58 Å². The second-order valence-corrected chi connectivity index (χ2v) is 9.88. The van der Waals surface area contributed by atoms with E-state index in [4.69, 9.17) is 0 Å². The number of anilines is 1. The molecule has 1 fully saturated rings. The summed E-state index contributed by atoms with van der Waals surface area (Å²) in [6, 6.07) is 15.6. The summed E-state index contributed by atoms with van der Waals surface area (Å²) in [5, 5.41) is 8.62. The standard InChI is InChI=1S/C27H31N5O2/c1-5-9-20-17-32(29-28-20)21-12-13-23-22(14-21)27(26(34)31(23)16-18(2)3)15-24(33)30(4)25(27)19-10-7-6-8-11-19/h6-8,10-14,17-18,25H,5,9,15-16H2,1-4H3/t25?,27-/m1/s1. The number of aryl methyl sites for hydroxylation is 1. The number of rotatable bonds is 6. The molecule has 2 amide bonds. The molecule has 0 bridgehead atoms. The minimum absolute atomic E-state index is 0.00478. The van der Waals surface area contributed by atoms with Crippen LogP contribution in [0.25, 0.3) is 5.69 Å². The van der Waals surface area contributed by atoms with Gasteiger partial charge in [0.2, 0.25) is 11.8 Å². The fourth-order valence-electron chi connectivity index (χ4n) is 5.58. The lowest BCUT2D eigenvalue weighted by Gasteiger charge is -2.33. The van der Waals surface area contributed by atoms with E-state index in [-0.39, 0.29) is 24.3 Å². The molecule has 3 heterocycles. The Hall–Kier alpha value is -3.48. The van der Waals surface area contributed by atoms with Gasteiger partial charge < -0.3 is 9.80 Å². The van der Waals surface area contributed by atoms with Crippen LogP contribution in [0.1, 0.15) is 56.5 Å². The van der Waals surface area contributed by atoms with Crippen LogP contribution in [0.5, 0.6) is 0 Å². The van der Waals surface area contributed by atoms with Crippen molar-refractivity contribution in [2.75, 3.05) is 18.5 Å². The number of aromatic nitrogens is 3. The number of likely N-dealkylation sites (tertiary alicyclic amines) is 1. The second kappa shape index (κ2) is 8.38. The molecule has 0 saturated carbocycles. The lowest BCUT2D eigenvalue weighted by molar-refractivity contribution is -0.128. The van der Waals surface area contributed by atoms with Crippen LogP contribution < -0.4 is 4.90 Å². The Kier molecular flexibility index (Phi) is 5.50. The molecule has 7 nitrogen and oxygen atoms in total. The van der Waals surface area contributed by atoms with E-state index in [9.17, 15) is 9.59 Å². The number of benzene rings is 2. The van der Waals surface area contributed by atoms with Crippen molar-refractivity contribution in [1.29, 1.82) is 0 Å². The van der Waals surface area contributed by atoms with Crippen molar-refractivity contribution < 1.29 is 9.59 Å². The number of hydrogen-bond donors (Lipinski definition) is 0. The van der Waals surface area contributed by atoms with Crippen molar-refractivity contribution in [3.05, 3.63) is 71.5 Å². The Labute approximate surface area is 200 Å². The van der Waals surface area contributed by atoms with Crippen molar-refractivity contribution in [3.8, 4) is 5.69 Å². The molecule has 34 heavy (non-hydrogen) atoms. The molecule has 5 rings (SSSR count). The van der Waals surface area contributed by atoms with Gasteiger partial charge in [-0.2, -0.15) is 0 Å². The first kappa shape index (κ1) is 22.3. The number of carbonyl (C=O) groups excluding carboxylic acids is 2. The van der Waals surface area contributed by atoms with Crippen LogP contribution in [0.2, 0.25) is 0 Å². The second-order valence-electron chi connectivity index (χ2n) is 9.88. The van der Waals surface area contributed by atoms with Crippen LogP contribution >= 0.6 is 0 Å². The van der Waals surface area contributed by atoms with Crippen molar-refractivity contribution in [2.45, 2.75) is 51.5 Å². The van der Waals surface area contributed by atoms with Gasteiger partial charge in [0.1, 0.15) is 5.41 Å². The fraction of sp³-hybridized carbons (Fsp3) is 0.407. The molecule has 1 aromatic heterocycles. The van der Waals surface area contributed by atoms with Gasteiger partial charge in [0.15, 0.2) is 0 Å². The Morgan fingerprint density at radius 3 is 2.59 bits per heavy atom. The van der Waals surface area contributed by atoms with Crippen LogP contribution in [0.3, 0.4) is 0 Å². The van der Waals surface area contributed by atoms with Gasteiger partial charge in [-0.3, -0.25) is 9.59 Å². The Bertz CT molecular complexity index is 1230. The van der Waals surface area contributed by atoms with Gasteiger partial charge in [-0.1, -0.05) is 62.7 Å². The van der Waals surface area contributed by atoms with Crippen molar-refractivity contribution in [1.82, 2.24) is 19.9 Å². The summed E-state index contributed by atoms with van der Waals surface area (Å²) >= 11 is 0. The van der Waals surface area contributed by atoms with Crippen LogP contribution in [-0.2, 0) is 21.4 Å². The summed E-state index contributed by atoms with van der Waals surface area (Å²) in [6.45, 7) is 6.94. The molecule has 2 aliphatic heterocycles. The van der Waals surface area contributed by atoms with Gasteiger partial charge in [-0.15, -0.1) is 5.10 Å². The smallest absolute Gasteiger partial charge is 0.240 e. The molecule has 7 heteroatoms. The maximum absolute atomic E-state index is 14.2. The molecule has 3 aromatic rings. The van der Waals surface area contributed by atoms with Crippen molar-refractivity contribution in [3.63, 3.8) is 0 Å².